The van der Waals surface area contributed by atoms with Gasteiger partial charge in [0, 0.05) is 0 Å². The Morgan fingerprint density at radius 3 is 2.25 bits per heavy atom. The average Bonchev–Trinajstić information content (AvgIpc) is 2.41. The monoisotopic (exact) mass is 300 g/mol. The normalized spacial score (nSPS) is 12.1. The number of phosphoric ester groups is 1. The van der Waals surface area contributed by atoms with E-state index in [2.05, 4.69) is 0 Å². The first kappa shape index (κ1) is 16.9. The van der Waals surface area contributed by atoms with Gasteiger partial charge in [-0.15, -0.1) is 0 Å². The molecule has 0 unspecified atom stereocenters. The van der Waals surface area contributed by atoms with E-state index in [1.807, 2.05) is 12.2 Å². The summed E-state index contributed by atoms with van der Waals surface area (Å²) in [6.07, 6.45) is 4.38. The second-order valence-electron chi connectivity index (χ2n) is 3.90. The highest BCUT2D eigenvalue weighted by atomic mass is 31.2. The van der Waals surface area contributed by atoms with Crippen LogP contribution < -0.4 is 0 Å². The van der Waals surface area contributed by atoms with Crippen molar-refractivity contribution >= 4 is 13.9 Å². The van der Waals surface area contributed by atoms with Crippen molar-refractivity contribution in [2.24, 2.45) is 0 Å². The molecular weight excluding hydrogens is 279 g/mol. The maximum absolute atomic E-state index is 12.0. The van der Waals surface area contributed by atoms with Crippen LogP contribution in [0.25, 0.3) is 6.08 Å². The van der Waals surface area contributed by atoms with Crippen LogP contribution in [0.3, 0.4) is 0 Å². The Labute approximate surface area is 119 Å². The summed E-state index contributed by atoms with van der Waals surface area (Å²) in [6.45, 7) is 4.28. The van der Waals surface area contributed by atoms with Gasteiger partial charge in [-0.2, -0.15) is 0 Å². The van der Waals surface area contributed by atoms with E-state index in [-0.39, 0.29) is 25.6 Å². The zero-order chi connectivity index (χ0) is 14.8. The molecular formula is C14H21O5P. The van der Waals surface area contributed by atoms with Gasteiger partial charge >= 0.3 is 7.82 Å². The van der Waals surface area contributed by atoms with E-state index >= 15 is 0 Å². The van der Waals surface area contributed by atoms with Crippen LogP contribution in [0.4, 0.5) is 0 Å². The zero-order valence-electron chi connectivity index (χ0n) is 11.8. The Kier molecular flexibility index (Phi) is 7.55. The van der Waals surface area contributed by atoms with Crippen LogP contribution in [0.2, 0.25) is 0 Å². The molecule has 5 nitrogen and oxygen atoms in total. The number of phenols is 1. The van der Waals surface area contributed by atoms with E-state index in [0.29, 0.717) is 6.42 Å². The second kappa shape index (κ2) is 8.93. The van der Waals surface area contributed by atoms with Gasteiger partial charge in [-0.3, -0.25) is 13.6 Å². The van der Waals surface area contributed by atoms with Crippen LogP contribution >= 0.6 is 7.82 Å². The van der Waals surface area contributed by atoms with Gasteiger partial charge in [0.25, 0.3) is 0 Å². The SMILES string of the molecule is CCOP(=O)(OCC)OCCC=Cc1ccc(O)cc1. The van der Waals surface area contributed by atoms with E-state index < -0.39 is 7.82 Å². The quantitative estimate of drug-likeness (QED) is 0.551. The van der Waals surface area contributed by atoms with Crippen molar-refractivity contribution in [3.05, 3.63) is 35.9 Å². The van der Waals surface area contributed by atoms with E-state index in [4.69, 9.17) is 18.7 Å². The predicted molar refractivity (Wildman–Crippen MR) is 78.6 cm³/mol. The van der Waals surface area contributed by atoms with Crippen LogP contribution in [0.1, 0.15) is 25.8 Å². The summed E-state index contributed by atoms with van der Waals surface area (Å²) in [5.74, 6) is 0.236. The first-order valence-electron chi connectivity index (χ1n) is 6.59. The molecule has 0 aliphatic heterocycles. The first-order chi connectivity index (χ1) is 9.59. The fourth-order valence-electron chi connectivity index (χ4n) is 1.47. The lowest BCUT2D eigenvalue weighted by molar-refractivity contribution is 0.123. The predicted octanol–water partition coefficient (Wildman–Crippen LogP) is 3.99. The third-order valence-electron chi connectivity index (χ3n) is 2.31. The van der Waals surface area contributed by atoms with Crippen molar-refractivity contribution in [1.29, 1.82) is 0 Å². The Morgan fingerprint density at radius 2 is 1.70 bits per heavy atom. The van der Waals surface area contributed by atoms with E-state index in [0.717, 1.165) is 5.56 Å². The minimum absolute atomic E-state index is 0.236. The molecule has 0 heterocycles. The van der Waals surface area contributed by atoms with Gasteiger partial charge in [0.15, 0.2) is 0 Å². The van der Waals surface area contributed by atoms with Gasteiger partial charge in [0.1, 0.15) is 5.75 Å². The molecule has 0 spiro atoms. The Balaban J connectivity index is 2.36. The van der Waals surface area contributed by atoms with Crippen molar-refractivity contribution < 1.29 is 23.2 Å². The average molecular weight is 300 g/mol. The number of phosphoric acid groups is 1. The lowest BCUT2D eigenvalue weighted by Crippen LogP contribution is -2.00. The van der Waals surface area contributed by atoms with Gasteiger partial charge in [0.05, 0.1) is 19.8 Å². The maximum atomic E-state index is 12.0. The number of hydrogen-bond acceptors (Lipinski definition) is 5. The highest BCUT2D eigenvalue weighted by molar-refractivity contribution is 7.48. The number of rotatable bonds is 9. The molecule has 0 aromatic heterocycles. The van der Waals surface area contributed by atoms with E-state index in [1.165, 1.54) is 0 Å². The van der Waals surface area contributed by atoms with E-state index in [9.17, 15) is 4.57 Å². The van der Waals surface area contributed by atoms with Crippen LogP contribution in [0.5, 0.6) is 5.75 Å². The molecule has 0 saturated heterocycles. The molecule has 1 aromatic rings. The standard InChI is InChI=1S/C14H21O5P/c1-3-17-20(16,18-4-2)19-12-6-5-7-13-8-10-14(15)11-9-13/h5,7-11,15H,3-4,6,12H2,1-2H3. The smallest absolute Gasteiger partial charge is 0.474 e. The molecule has 0 aliphatic rings. The summed E-state index contributed by atoms with van der Waals surface area (Å²) in [4.78, 5) is 0. The molecule has 0 bridgehead atoms. The van der Waals surface area contributed by atoms with Crippen molar-refractivity contribution in [3.8, 4) is 5.75 Å². The molecule has 112 valence electrons. The number of phenolic OH excluding ortho intramolecular Hbond substituents is 1. The zero-order valence-corrected chi connectivity index (χ0v) is 12.7. The third kappa shape index (κ3) is 6.35. The lowest BCUT2D eigenvalue weighted by Gasteiger charge is -2.15. The number of benzene rings is 1. The van der Waals surface area contributed by atoms with Crippen LogP contribution in [0, 0.1) is 0 Å². The summed E-state index contributed by atoms with van der Waals surface area (Å²) < 4.78 is 27.2. The molecule has 0 radical (unpaired) electrons. The van der Waals surface area contributed by atoms with Crippen LogP contribution in [-0.2, 0) is 18.1 Å². The third-order valence-corrected chi connectivity index (χ3v) is 3.96. The number of hydrogen-bond donors (Lipinski definition) is 1. The minimum atomic E-state index is -3.40. The Morgan fingerprint density at radius 1 is 1.10 bits per heavy atom. The summed E-state index contributed by atoms with van der Waals surface area (Å²) >= 11 is 0. The van der Waals surface area contributed by atoms with Crippen molar-refractivity contribution in [1.82, 2.24) is 0 Å². The highest BCUT2D eigenvalue weighted by Gasteiger charge is 2.24. The summed E-state index contributed by atoms with van der Waals surface area (Å²) in [5, 5.41) is 9.15. The Bertz CT molecular complexity index is 445. The highest BCUT2D eigenvalue weighted by Crippen LogP contribution is 2.49. The van der Waals surface area contributed by atoms with Crippen LogP contribution in [-0.4, -0.2) is 24.9 Å². The molecule has 0 aliphatic carbocycles. The second-order valence-corrected chi connectivity index (χ2v) is 5.57. The molecule has 0 fully saturated rings. The molecule has 0 saturated carbocycles. The molecule has 0 atom stereocenters. The summed E-state index contributed by atoms with van der Waals surface area (Å²) in [6, 6.07) is 6.85. The first-order valence-corrected chi connectivity index (χ1v) is 8.05. The number of aromatic hydroxyl groups is 1. The maximum Gasteiger partial charge on any atom is 0.474 e. The van der Waals surface area contributed by atoms with Crippen molar-refractivity contribution in [3.63, 3.8) is 0 Å². The van der Waals surface area contributed by atoms with Gasteiger partial charge in [-0.1, -0.05) is 24.3 Å². The molecule has 1 N–H and O–H groups in total. The fraction of sp³-hybridized carbons (Fsp3) is 0.429. The van der Waals surface area contributed by atoms with E-state index in [1.54, 1.807) is 38.1 Å². The molecule has 1 rings (SSSR count). The van der Waals surface area contributed by atoms with Gasteiger partial charge in [0.2, 0.25) is 0 Å². The molecule has 20 heavy (non-hydrogen) atoms. The van der Waals surface area contributed by atoms with Gasteiger partial charge in [-0.25, -0.2) is 4.57 Å². The summed E-state index contributed by atoms with van der Waals surface area (Å²) in [5.41, 5.74) is 0.973. The molecule has 1 aromatic carbocycles. The van der Waals surface area contributed by atoms with Crippen LogP contribution in [0.15, 0.2) is 30.3 Å². The Hall–Kier alpha value is -1.13. The fourth-order valence-corrected chi connectivity index (χ4v) is 2.65. The van der Waals surface area contributed by atoms with Gasteiger partial charge in [-0.05, 0) is 38.0 Å². The van der Waals surface area contributed by atoms with Crippen molar-refractivity contribution in [2.75, 3.05) is 19.8 Å². The molecule has 6 heteroatoms. The van der Waals surface area contributed by atoms with Gasteiger partial charge < -0.3 is 5.11 Å². The van der Waals surface area contributed by atoms with Crippen molar-refractivity contribution in [2.45, 2.75) is 20.3 Å². The topological polar surface area (TPSA) is 65.0 Å². The largest absolute Gasteiger partial charge is 0.508 e. The summed E-state index contributed by atoms with van der Waals surface area (Å²) in [7, 11) is -3.40. The minimum Gasteiger partial charge on any atom is -0.508 e. The lowest BCUT2D eigenvalue weighted by atomic mass is 10.2. The molecule has 0 amide bonds.